The summed E-state index contributed by atoms with van der Waals surface area (Å²) in [5.41, 5.74) is 5.43. The van der Waals surface area contributed by atoms with Gasteiger partial charge in [0.2, 0.25) is 5.91 Å². The number of benzene rings is 2. The molecule has 2 N–H and O–H groups in total. The van der Waals surface area contributed by atoms with Crippen molar-refractivity contribution in [2.45, 2.75) is 44.8 Å². The fourth-order valence-electron chi connectivity index (χ4n) is 3.93. The molecule has 2 aromatic rings. The minimum absolute atomic E-state index is 0.0122. The molecule has 174 valence electrons. The summed E-state index contributed by atoms with van der Waals surface area (Å²) in [5.74, 6) is 0.556. The average Bonchev–Trinajstić information content (AvgIpc) is 3.26. The normalized spacial score (nSPS) is 19.5. The third kappa shape index (κ3) is 5.86. The van der Waals surface area contributed by atoms with Crippen LogP contribution < -0.4 is 15.5 Å². The summed E-state index contributed by atoms with van der Waals surface area (Å²) in [6.45, 7) is 3.23. The van der Waals surface area contributed by atoms with Gasteiger partial charge in [-0.3, -0.25) is 9.59 Å². The smallest absolute Gasteiger partial charge is 0.251 e. The van der Waals surface area contributed by atoms with E-state index in [1.807, 2.05) is 47.6 Å². The van der Waals surface area contributed by atoms with Crippen molar-refractivity contribution in [1.29, 1.82) is 0 Å². The van der Waals surface area contributed by atoms with E-state index in [1.165, 1.54) is 4.90 Å². The minimum atomic E-state index is -0.343. The van der Waals surface area contributed by atoms with Gasteiger partial charge in [-0.05, 0) is 48.2 Å². The van der Waals surface area contributed by atoms with Gasteiger partial charge >= 0.3 is 0 Å². The van der Waals surface area contributed by atoms with Gasteiger partial charge in [-0.2, -0.15) is 0 Å². The van der Waals surface area contributed by atoms with Gasteiger partial charge in [0.1, 0.15) is 18.3 Å². The average molecular weight is 469 g/mol. The highest BCUT2D eigenvalue weighted by Crippen LogP contribution is 2.31. The molecule has 0 radical (unpaired) electrons. The fourth-order valence-corrected chi connectivity index (χ4v) is 4.05. The second kappa shape index (κ2) is 10.7. The second-order valence-electron chi connectivity index (χ2n) is 8.28. The molecule has 0 saturated carbocycles. The number of nitrogens with zero attached hydrogens (tertiary/aromatic N) is 2. The molecule has 2 aliphatic heterocycles. The number of halogens is 1. The van der Waals surface area contributed by atoms with Crippen LogP contribution in [-0.2, 0) is 16.1 Å². The number of hydrazine groups is 1. The van der Waals surface area contributed by atoms with Crippen LogP contribution in [0.2, 0.25) is 5.02 Å². The Balaban J connectivity index is 1.29. The van der Waals surface area contributed by atoms with Gasteiger partial charge in [0, 0.05) is 24.0 Å². The zero-order valence-corrected chi connectivity index (χ0v) is 19.4. The van der Waals surface area contributed by atoms with Crippen molar-refractivity contribution in [2.75, 3.05) is 13.2 Å². The largest absolute Gasteiger partial charge is 0.494 e. The first-order chi connectivity index (χ1) is 16.0. The molecule has 2 unspecified atom stereocenters. The monoisotopic (exact) mass is 468 g/mol. The Labute approximate surface area is 199 Å². The molecule has 1 saturated heterocycles. The van der Waals surface area contributed by atoms with E-state index in [1.54, 1.807) is 18.3 Å². The van der Waals surface area contributed by atoms with E-state index in [4.69, 9.17) is 16.3 Å². The number of rotatable bonds is 9. The van der Waals surface area contributed by atoms with Gasteiger partial charge in [-0.25, -0.2) is 5.43 Å². The number of unbranched alkanes of at least 4 members (excludes halogenated alkanes) is 1. The Bertz CT molecular complexity index is 994. The van der Waals surface area contributed by atoms with Crippen LogP contribution in [0.1, 0.15) is 43.4 Å². The van der Waals surface area contributed by atoms with Gasteiger partial charge in [0.15, 0.2) is 0 Å². The number of fused-ring (bicyclic) bond motifs is 1. The maximum absolute atomic E-state index is 13.0. The molecule has 2 aromatic carbocycles. The van der Waals surface area contributed by atoms with Gasteiger partial charge in [-0.15, -0.1) is 0 Å². The number of carbonyl (C=O) groups is 2. The Hall–Kier alpha value is -3.03. The zero-order valence-electron chi connectivity index (χ0n) is 18.7. The first-order valence-electron chi connectivity index (χ1n) is 11.3. The molecule has 0 bridgehead atoms. The molecular formula is C25H29ClN4O3. The van der Waals surface area contributed by atoms with Crippen LogP contribution in [0.3, 0.4) is 0 Å². The third-order valence-corrected chi connectivity index (χ3v) is 6.09. The quantitative estimate of drug-likeness (QED) is 0.548. The Morgan fingerprint density at radius 2 is 1.91 bits per heavy atom. The Morgan fingerprint density at radius 3 is 2.64 bits per heavy atom. The molecule has 2 aliphatic rings. The molecule has 0 aromatic heterocycles. The lowest BCUT2D eigenvalue weighted by Crippen LogP contribution is -2.50. The van der Waals surface area contributed by atoms with Crippen LogP contribution in [-0.4, -0.2) is 40.9 Å². The van der Waals surface area contributed by atoms with Crippen molar-refractivity contribution in [3.63, 3.8) is 0 Å². The predicted molar refractivity (Wildman–Crippen MR) is 127 cm³/mol. The van der Waals surface area contributed by atoms with Crippen molar-refractivity contribution in [3.8, 4) is 5.75 Å². The van der Waals surface area contributed by atoms with Crippen LogP contribution in [0.5, 0.6) is 5.75 Å². The molecule has 4 rings (SSSR count). The van der Waals surface area contributed by atoms with Gasteiger partial charge < -0.3 is 20.0 Å². The van der Waals surface area contributed by atoms with Crippen LogP contribution in [0.15, 0.2) is 60.9 Å². The van der Waals surface area contributed by atoms with Crippen molar-refractivity contribution in [3.05, 3.63) is 77.1 Å². The van der Waals surface area contributed by atoms with Crippen LogP contribution in [0, 0.1) is 0 Å². The maximum atomic E-state index is 13.0. The van der Waals surface area contributed by atoms with Crippen LogP contribution >= 0.6 is 11.6 Å². The zero-order chi connectivity index (χ0) is 23.2. The molecule has 2 heterocycles. The van der Waals surface area contributed by atoms with Crippen molar-refractivity contribution in [1.82, 2.24) is 20.7 Å². The molecule has 33 heavy (non-hydrogen) atoms. The molecule has 1 fully saturated rings. The van der Waals surface area contributed by atoms with E-state index in [2.05, 4.69) is 17.7 Å². The first-order valence-corrected chi connectivity index (χ1v) is 11.7. The van der Waals surface area contributed by atoms with E-state index >= 15 is 0 Å². The lowest BCUT2D eigenvalue weighted by molar-refractivity contribution is -0.138. The van der Waals surface area contributed by atoms with Gasteiger partial charge in [-0.1, -0.05) is 49.2 Å². The molecular weight excluding hydrogens is 440 g/mol. The van der Waals surface area contributed by atoms with E-state index in [0.717, 1.165) is 36.3 Å². The summed E-state index contributed by atoms with van der Waals surface area (Å²) in [6, 6.07) is 15.0. The van der Waals surface area contributed by atoms with Crippen molar-refractivity contribution < 1.29 is 14.3 Å². The molecule has 2 atom stereocenters. The highest BCUT2D eigenvalue weighted by molar-refractivity contribution is 6.30. The predicted octanol–water partition coefficient (Wildman–Crippen LogP) is 3.77. The van der Waals surface area contributed by atoms with Gasteiger partial charge in [0.05, 0.1) is 12.6 Å². The number of ether oxygens (including phenoxy) is 1. The summed E-state index contributed by atoms with van der Waals surface area (Å²) in [4.78, 5) is 26.9. The third-order valence-electron chi connectivity index (χ3n) is 5.84. The van der Waals surface area contributed by atoms with Gasteiger partial charge in [0.25, 0.3) is 5.91 Å². The second-order valence-corrected chi connectivity index (χ2v) is 8.72. The molecule has 7 nitrogen and oxygen atoms in total. The van der Waals surface area contributed by atoms with Crippen LogP contribution in [0.4, 0.5) is 0 Å². The number of hydrogen-bond acceptors (Lipinski definition) is 5. The maximum Gasteiger partial charge on any atom is 0.251 e. The minimum Gasteiger partial charge on any atom is -0.494 e. The summed E-state index contributed by atoms with van der Waals surface area (Å²) < 4.78 is 5.73. The summed E-state index contributed by atoms with van der Waals surface area (Å²) in [7, 11) is 0. The van der Waals surface area contributed by atoms with E-state index in [-0.39, 0.29) is 30.4 Å². The van der Waals surface area contributed by atoms with E-state index < -0.39 is 0 Å². The van der Waals surface area contributed by atoms with Crippen molar-refractivity contribution in [2.24, 2.45) is 0 Å². The highest BCUT2D eigenvalue weighted by Gasteiger charge is 2.40. The number of amides is 2. The van der Waals surface area contributed by atoms with Crippen molar-refractivity contribution >= 4 is 23.4 Å². The molecule has 2 amide bonds. The number of carbonyl (C=O) groups excluding carboxylic acids is 2. The standard InChI is InChI=1S/C25H29ClN4O3/c1-2-3-14-33-21-10-6-19(7-11-21)22-15-23-25(32)29(12-13-30(23)28-22)17-24(31)27-16-18-4-8-20(26)9-5-18/h4-13,22-23,28H,2-3,14-17H2,1H3,(H,27,31). The SMILES string of the molecule is CCCCOc1ccc(C2CC3C(=O)N(CC(=O)NCc4ccc(Cl)cc4)C=CN3N2)cc1. The van der Waals surface area contributed by atoms with E-state index in [0.29, 0.717) is 18.0 Å². The fraction of sp³-hybridized carbons (Fsp3) is 0.360. The van der Waals surface area contributed by atoms with Crippen LogP contribution in [0.25, 0.3) is 0 Å². The molecule has 8 heteroatoms. The molecule has 0 spiro atoms. The summed E-state index contributed by atoms with van der Waals surface area (Å²) in [6.07, 6.45) is 6.24. The highest BCUT2D eigenvalue weighted by atomic mass is 35.5. The summed E-state index contributed by atoms with van der Waals surface area (Å²) >= 11 is 5.89. The first kappa shape index (κ1) is 23.1. The van der Waals surface area contributed by atoms with E-state index in [9.17, 15) is 9.59 Å². The molecule has 0 aliphatic carbocycles. The summed E-state index contributed by atoms with van der Waals surface area (Å²) in [5, 5.41) is 5.34. The Kier molecular flexibility index (Phi) is 7.52. The lowest BCUT2D eigenvalue weighted by atomic mass is 10.0. The Morgan fingerprint density at radius 1 is 1.15 bits per heavy atom. The number of hydrogen-bond donors (Lipinski definition) is 2. The lowest BCUT2D eigenvalue weighted by Gasteiger charge is -2.31. The topological polar surface area (TPSA) is 73.9 Å². The number of nitrogens with one attached hydrogen (secondary N) is 2.